The van der Waals surface area contributed by atoms with E-state index in [0.717, 1.165) is 4.90 Å². The molecule has 0 spiro atoms. The maximum absolute atomic E-state index is 12.9. The molecule has 3 aromatic rings. The van der Waals surface area contributed by atoms with Crippen LogP contribution < -0.4 is 4.74 Å². The molecule has 0 heterocycles. The van der Waals surface area contributed by atoms with E-state index in [-0.39, 0.29) is 23.2 Å². The van der Waals surface area contributed by atoms with Gasteiger partial charge in [0.05, 0.1) is 5.92 Å². The second kappa shape index (κ2) is 9.97. The molecule has 0 radical (unpaired) electrons. The highest BCUT2D eigenvalue weighted by molar-refractivity contribution is 8.02. The van der Waals surface area contributed by atoms with E-state index in [2.05, 4.69) is 26.0 Å². The van der Waals surface area contributed by atoms with E-state index >= 15 is 0 Å². The molecular formula is C28H25NO3S. The summed E-state index contributed by atoms with van der Waals surface area (Å²) in [6.45, 7) is 4.10. The van der Waals surface area contributed by atoms with E-state index in [1.54, 1.807) is 30.0 Å². The van der Waals surface area contributed by atoms with Crippen LogP contribution in [0.25, 0.3) is 0 Å². The standard InChI is InChI=1S/C28H25NO3S/c1-28(2)24(16-17-33-23-14-7-4-8-15-23)26(28)27(30)32-25(19-29)20-10-9-13-22(18-20)31-21-11-5-3-6-12-21/h3-18,24-26H,1-2H3/b17-16+. The van der Waals surface area contributed by atoms with Crippen molar-refractivity contribution in [2.75, 3.05) is 0 Å². The van der Waals surface area contributed by atoms with E-state index in [0.29, 0.717) is 17.1 Å². The van der Waals surface area contributed by atoms with Crippen molar-refractivity contribution in [2.24, 2.45) is 17.3 Å². The first kappa shape index (κ1) is 22.7. The van der Waals surface area contributed by atoms with Crippen molar-refractivity contribution < 1.29 is 14.3 Å². The predicted octanol–water partition coefficient (Wildman–Crippen LogP) is 7.16. The zero-order valence-electron chi connectivity index (χ0n) is 18.5. The molecule has 3 atom stereocenters. The van der Waals surface area contributed by atoms with Crippen LogP contribution >= 0.6 is 11.8 Å². The van der Waals surface area contributed by atoms with Crippen molar-refractivity contribution in [1.82, 2.24) is 0 Å². The number of nitrogens with zero attached hydrogens (tertiary/aromatic N) is 1. The Labute approximate surface area is 198 Å². The van der Waals surface area contributed by atoms with Gasteiger partial charge in [0, 0.05) is 10.5 Å². The first-order valence-electron chi connectivity index (χ1n) is 10.8. The summed E-state index contributed by atoms with van der Waals surface area (Å²) in [5.74, 6) is 0.738. The lowest BCUT2D eigenvalue weighted by Gasteiger charge is -2.13. The molecule has 0 saturated heterocycles. The van der Waals surface area contributed by atoms with Gasteiger partial charge in [-0.2, -0.15) is 5.26 Å². The van der Waals surface area contributed by atoms with Crippen molar-refractivity contribution in [3.8, 4) is 17.6 Å². The van der Waals surface area contributed by atoms with Gasteiger partial charge >= 0.3 is 5.97 Å². The Kier molecular flexibility index (Phi) is 6.86. The summed E-state index contributed by atoms with van der Waals surface area (Å²) < 4.78 is 11.5. The van der Waals surface area contributed by atoms with Gasteiger partial charge in [0.1, 0.15) is 17.6 Å². The van der Waals surface area contributed by atoms with Crippen LogP contribution in [0.5, 0.6) is 11.5 Å². The molecule has 1 saturated carbocycles. The van der Waals surface area contributed by atoms with Gasteiger partial charge < -0.3 is 9.47 Å². The van der Waals surface area contributed by atoms with Gasteiger partial charge in [-0.3, -0.25) is 4.79 Å². The van der Waals surface area contributed by atoms with Crippen LogP contribution in [0.2, 0.25) is 0 Å². The quantitative estimate of drug-likeness (QED) is 0.266. The minimum Gasteiger partial charge on any atom is -0.457 e. The van der Waals surface area contributed by atoms with Crippen LogP contribution in [0.1, 0.15) is 25.5 Å². The van der Waals surface area contributed by atoms with E-state index in [1.807, 2.05) is 72.1 Å². The molecule has 5 heteroatoms. The number of carbonyl (C=O) groups is 1. The van der Waals surface area contributed by atoms with Gasteiger partial charge in [-0.15, -0.1) is 0 Å². The summed E-state index contributed by atoms with van der Waals surface area (Å²) in [4.78, 5) is 14.1. The molecule has 3 aromatic carbocycles. The van der Waals surface area contributed by atoms with Crippen molar-refractivity contribution in [1.29, 1.82) is 5.26 Å². The Morgan fingerprint density at radius 3 is 2.36 bits per heavy atom. The second-order valence-electron chi connectivity index (χ2n) is 8.52. The third-order valence-corrected chi connectivity index (χ3v) is 6.73. The smallest absolute Gasteiger partial charge is 0.311 e. The largest absolute Gasteiger partial charge is 0.457 e. The number of rotatable bonds is 8. The van der Waals surface area contributed by atoms with Crippen molar-refractivity contribution in [3.05, 3.63) is 102 Å². The monoisotopic (exact) mass is 455 g/mol. The fourth-order valence-electron chi connectivity index (χ4n) is 3.91. The molecular weight excluding hydrogens is 430 g/mol. The maximum atomic E-state index is 12.9. The molecule has 0 amide bonds. The number of benzene rings is 3. The van der Waals surface area contributed by atoms with E-state index < -0.39 is 6.10 Å². The molecule has 4 rings (SSSR count). The number of nitriles is 1. The van der Waals surface area contributed by atoms with Crippen LogP contribution in [0.15, 0.2) is 101 Å². The highest BCUT2D eigenvalue weighted by Gasteiger charge is 2.61. The molecule has 1 aliphatic rings. The van der Waals surface area contributed by atoms with Gasteiger partial charge in [-0.25, -0.2) is 0 Å². The first-order chi connectivity index (χ1) is 16.0. The summed E-state index contributed by atoms with van der Waals surface area (Å²) in [5, 5.41) is 11.7. The van der Waals surface area contributed by atoms with Crippen LogP contribution in [-0.2, 0) is 9.53 Å². The lowest BCUT2D eigenvalue weighted by atomic mass is 10.1. The Hall–Kier alpha value is -3.49. The first-order valence-corrected chi connectivity index (χ1v) is 11.7. The van der Waals surface area contributed by atoms with Crippen LogP contribution in [0, 0.1) is 28.6 Å². The number of hydrogen-bond donors (Lipinski definition) is 0. The maximum Gasteiger partial charge on any atom is 0.311 e. The molecule has 3 unspecified atom stereocenters. The van der Waals surface area contributed by atoms with Crippen LogP contribution in [0.4, 0.5) is 0 Å². The fourth-order valence-corrected chi connectivity index (χ4v) is 4.63. The summed E-state index contributed by atoms with van der Waals surface area (Å²) in [6.07, 6.45) is 1.08. The minimum atomic E-state index is -0.989. The number of thioether (sulfide) groups is 1. The predicted molar refractivity (Wildman–Crippen MR) is 130 cm³/mol. The average molecular weight is 456 g/mol. The van der Waals surface area contributed by atoms with Crippen molar-refractivity contribution >= 4 is 17.7 Å². The zero-order chi connectivity index (χ0) is 23.3. The van der Waals surface area contributed by atoms with Gasteiger partial charge in [0.2, 0.25) is 6.10 Å². The molecule has 0 N–H and O–H groups in total. The number of ether oxygens (including phenoxy) is 2. The number of allylic oxidation sites excluding steroid dienone is 1. The fraction of sp³-hybridized carbons (Fsp3) is 0.214. The van der Waals surface area contributed by atoms with E-state index in [9.17, 15) is 10.1 Å². The topological polar surface area (TPSA) is 59.3 Å². The average Bonchev–Trinajstić information content (AvgIpc) is 3.39. The number of carbonyl (C=O) groups excluding carboxylic acids is 1. The minimum absolute atomic E-state index is 0.0771. The third kappa shape index (κ3) is 5.47. The highest BCUT2D eigenvalue weighted by Crippen LogP contribution is 2.60. The molecule has 1 fully saturated rings. The van der Waals surface area contributed by atoms with Gasteiger partial charge in [-0.1, -0.05) is 80.2 Å². The number of hydrogen-bond acceptors (Lipinski definition) is 5. The molecule has 0 aromatic heterocycles. The van der Waals surface area contributed by atoms with E-state index in [4.69, 9.17) is 9.47 Å². The van der Waals surface area contributed by atoms with Gasteiger partial charge in [-0.05, 0) is 53.1 Å². The van der Waals surface area contributed by atoms with E-state index in [1.165, 1.54) is 0 Å². The van der Waals surface area contributed by atoms with Gasteiger partial charge in [0.25, 0.3) is 0 Å². The number of esters is 1. The second-order valence-corrected chi connectivity index (χ2v) is 9.50. The lowest BCUT2D eigenvalue weighted by molar-refractivity contribution is -0.149. The Bertz CT molecular complexity index is 1170. The molecule has 0 aliphatic heterocycles. The highest BCUT2D eigenvalue weighted by atomic mass is 32.2. The normalized spacial score (nSPS) is 19.4. The van der Waals surface area contributed by atoms with Gasteiger partial charge in [0.15, 0.2) is 0 Å². The van der Waals surface area contributed by atoms with Crippen molar-refractivity contribution in [2.45, 2.75) is 24.8 Å². The zero-order valence-corrected chi connectivity index (χ0v) is 19.4. The Morgan fingerprint density at radius 2 is 1.67 bits per heavy atom. The molecule has 166 valence electrons. The lowest BCUT2D eigenvalue weighted by Crippen LogP contribution is -2.14. The molecule has 33 heavy (non-hydrogen) atoms. The number of para-hydroxylation sites is 1. The summed E-state index contributed by atoms with van der Waals surface area (Å²) in [7, 11) is 0. The Balaban J connectivity index is 1.39. The third-order valence-electron chi connectivity index (χ3n) is 5.89. The summed E-state index contributed by atoms with van der Waals surface area (Å²) in [6, 6.07) is 28.7. The summed E-state index contributed by atoms with van der Waals surface area (Å²) >= 11 is 1.62. The van der Waals surface area contributed by atoms with Crippen LogP contribution in [-0.4, -0.2) is 5.97 Å². The van der Waals surface area contributed by atoms with Crippen LogP contribution in [0.3, 0.4) is 0 Å². The summed E-state index contributed by atoms with van der Waals surface area (Å²) in [5.41, 5.74) is 0.382. The molecule has 0 bridgehead atoms. The molecule has 4 nitrogen and oxygen atoms in total. The Morgan fingerprint density at radius 1 is 1.00 bits per heavy atom. The SMILES string of the molecule is CC1(C)C(/C=C/Sc2ccccc2)C1C(=O)OC(C#N)c1cccc(Oc2ccccc2)c1. The van der Waals surface area contributed by atoms with Crippen molar-refractivity contribution in [3.63, 3.8) is 0 Å². The molecule has 1 aliphatic carbocycles.